The highest BCUT2D eigenvalue weighted by molar-refractivity contribution is 6.35. The van der Waals surface area contributed by atoms with Crippen LogP contribution in [0.15, 0.2) is 65.8 Å². The molecule has 0 saturated carbocycles. The predicted octanol–water partition coefficient (Wildman–Crippen LogP) is 3.68. The van der Waals surface area contributed by atoms with E-state index in [1.54, 1.807) is 12.1 Å². The summed E-state index contributed by atoms with van der Waals surface area (Å²) < 4.78 is 10.6. The third kappa shape index (κ3) is 4.18. The Morgan fingerprint density at radius 2 is 1.80 bits per heavy atom. The van der Waals surface area contributed by atoms with Crippen molar-refractivity contribution in [2.45, 2.75) is 24.2 Å². The summed E-state index contributed by atoms with van der Waals surface area (Å²) in [5.74, 6) is -0.501. The van der Waals surface area contributed by atoms with E-state index in [9.17, 15) is 4.79 Å². The van der Waals surface area contributed by atoms with Gasteiger partial charge in [0.25, 0.3) is 0 Å². The van der Waals surface area contributed by atoms with E-state index < -0.39 is 18.4 Å². The largest absolute Gasteiger partial charge is 0.467 e. The van der Waals surface area contributed by atoms with Crippen LogP contribution < -0.4 is 0 Å². The van der Waals surface area contributed by atoms with Crippen molar-refractivity contribution in [1.82, 2.24) is 0 Å². The second-order valence-electron chi connectivity index (χ2n) is 5.53. The van der Waals surface area contributed by atoms with Gasteiger partial charge in [0.05, 0.1) is 12.5 Å². The van der Waals surface area contributed by atoms with Crippen LogP contribution >= 0.6 is 11.6 Å². The number of esters is 1. The van der Waals surface area contributed by atoms with E-state index in [4.69, 9.17) is 25.9 Å². The monoisotopic (exact) mass is 359 g/mol. The van der Waals surface area contributed by atoms with E-state index in [1.807, 2.05) is 48.5 Å². The SMILES string of the molecule is COC(=O)[C@@H](O[C@@H]1C[C@H](Cl)C(c2ccccc2)=NO1)c1ccccc1. The van der Waals surface area contributed by atoms with Gasteiger partial charge in [-0.1, -0.05) is 65.8 Å². The van der Waals surface area contributed by atoms with Crippen LogP contribution in [0.2, 0.25) is 0 Å². The summed E-state index contributed by atoms with van der Waals surface area (Å²) in [5, 5.41) is 3.72. The molecule has 1 heterocycles. The van der Waals surface area contributed by atoms with Crippen molar-refractivity contribution < 1.29 is 19.1 Å². The highest BCUT2D eigenvalue weighted by atomic mass is 35.5. The van der Waals surface area contributed by atoms with Crippen LogP contribution in [-0.2, 0) is 19.1 Å². The zero-order valence-corrected chi connectivity index (χ0v) is 14.4. The molecule has 25 heavy (non-hydrogen) atoms. The molecule has 0 N–H and O–H groups in total. The fraction of sp³-hybridized carbons (Fsp3) is 0.263. The number of hydrogen-bond acceptors (Lipinski definition) is 5. The van der Waals surface area contributed by atoms with E-state index in [-0.39, 0.29) is 5.38 Å². The van der Waals surface area contributed by atoms with Crippen LogP contribution in [-0.4, -0.2) is 30.5 Å². The van der Waals surface area contributed by atoms with Crippen LogP contribution in [0.25, 0.3) is 0 Å². The first-order chi connectivity index (χ1) is 12.2. The van der Waals surface area contributed by atoms with Crippen molar-refractivity contribution in [2.24, 2.45) is 5.16 Å². The molecule has 0 bridgehead atoms. The summed E-state index contributed by atoms with van der Waals surface area (Å²) in [6.45, 7) is 0. The molecule has 130 valence electrons. The summed E-state index contributed by atoms with van der Waals surface area (Å²) in [6, 6.07) is 18.7. The summed E-state index contributed by atoms with van der Waals surface area (Å²) >= 11 is 6.45. The van der Waals surface area contributed by atoms with Gasteiger partial charge in [0, 0.05) is 12.0 Å². The minimum Gasteiger partial charge on any atom is -0.467 e. The molecule has 3 atom stereocenters. The molecule has 3 rings (SSSR count). The second kappa shape index (κ2) is 8.14. The van der Waals surface area contributed by atoms with Gasteiger partial charge in [-0.3, -0.25) is 0 Å². The zero-order valence-electron chi connectivity index (χ0n) is 13.7. The van der Waals surface area contributed by atoms with Gasteiger partial charge in [-0.05, 0) is 5.56 Å². The molecule has 0 spiro atoms. The molecule has 1 aliphatic heterocycles. The summed E-state index contributed by atoms with van der Waals surface area (Å²) in [7, 11) is 1.32. The molecule has 0 aliphatic carbocycles. The number of benzene rings is 2. The van der Waals surface area contributed by atoms with Crippen LogP contribution in [0.1, 0.15) is 23.7 Å². The number of ether oxygens (including phenoxy) is 2. The highest BCUT2D eigenvalue weighted by Crippen LogP contribution is 2.27. The molecule has 5 nitrogen and oxygen atoms in total. The van der Waals surface area contributed by atoms with Crippen molar-refractivity contribution in [3.63, 3.8) is 0 Å². The molecule has 0 fully saturated rings. The maximum atomic E-state index is 12.1. The van der Waals surface area contributed by atoms with E-state index in [2.05, 4.69) is 5.16 Å². The Kier molecular flexibility index (Phi) is 5.68. The summed E-state index contributed by atoms with van der Waals surface area (Å²) in [5.41, 5.74) is 2.23. The second-order valence-corrected chi connectivity index (χ2v) is 6.06. The lowest BCUT2D eigenvalue weighted by atomic mass is 10.0. The van der Waals surface area contributed by atoms with Crippen molar-refractivity contribution in [3.8, 4) is 0 Å². The number of methoxy groups -OCH3 is 1. The topological polar surface area (TPSA) is 57.1 Å². The lowest BCUT2D eigenvalue weighted by Crippen LogP contribution is -2.33. The average Bonchev–Trinajstić information content (AvgIpc) is 2.67. The van der Waals surface area contributed by atoms with Crippen molar-refractivity contribution in [3.05, 3.63) is 71.8 Å². The minimum atomic E-state index is -0.895. The van der Waals surface area contributed by atoms with Gasteiger partial charge in [-0.15, -0.1) is 11.6 Å². The van der Waals surface area contributed by atoms with Crippen molar-refractivity contribution in [1.29, 1.82) is 0 Å². The van der Waals surface area contributed by atoms with Gasteiger partial charge in [-0.2, -0.15) is 0 Å². The van der Waals surface area contributed by atoms with Crippen LogP contribution in [0.4, 0.5) is 0 Å². The average molecular weight is 360 g/mol. The molecule has 1 aliphatic rings. The van der Waals surface area contributed by atoms with E-state index in [0.717, 1.165) is 5.56 Å². The molecule has 2 aromatic rings. The Hall–Kier alpha value is -2.37. The fourth-order valence-electron chi connectivity index (χ4n) is 2.58. The lowest BCUT2D eigenvalue weighted by molar-refractivity contribution is -0.197. The van der Waals surface area contributed by atoms with Crippen molar-refractivity contribution >= 4 is 23.3 Å². The molecule has 0 unspecified atom stereocenters. The fourth-order valence-corrected chi connectivity index (χ4v) is 2.89. The number of carbonyl (C=O) groups excluding carboxylic acids is 1. The Morgan fingerprint density at radius 3 is 2.40 bits per heavy atom. The van der Waals surface area contributed by atoms with Gasteiger partial charge >= 0.3 is 5.97 Å². The standard InChI is InChI=1S/C19H18ClNO4/c1-23-19(22)18(14-10-6-3-7-11-14)24-16-12-15(20)17(21-25-16)13-8-4-2-5-9-13/h2-11,15-16,18H,12H2,1H3/t15-,16-,18-/m0/s1. The number of rotatable bonds is 5. The number of oxime groups is 1. The third-order valence-electron chi connectivity index (χ3n) is 3.84. The Bertz CT molecular complexity index is 736. The molecule has 0 aromatic heterocycles. The first-order valence-corrected chi connectivity index (χ1v) is 8.34. The van der Waals surface area contributed by atoms with Crippen LogP contribution in [0.5, 0.6) is 0 Å². The first-order valence-electron chi connectivity index (χ1n) is 7.90. The highest BCUT2D eigenvalue weighted by Gasteiger charge is 2.33. The molecule has 2 aromatic carbocycles. The Morgan fingerprint density at radius 1 is 1.16 bits per heavy atom. The van der Waals surface area contributed by atoms with Gasteiger partial charge in [0.1, 0.15) is 5.71 Å². The summed E-state index contributed by atoms with van der Waals surface area (Å²) in [6.07, 6.45) is -1.26. The number of carbonyl (C=O) groups is 1. The van der Waals surface area contributed by atoms with E-state index >= 15 is 0 Å². The van der Waals surface area contributed by atoms with E-state index in [1.165, 1.54) is 7.11 Å². The Labute approximate surface area is 151 Å². The van der Waals surface area contributed by atoms with Crippen molar-refractivity contribution in [2.75, 3.05) is 7.11 Å². The maximum Gasteiger partial charge on any atom is 0.339 e. The first kappa shape index (κ1) is 17.5. The number of hydrogen-bond donors (Lipinski definition) is 0. The maximum absolute atomic E-state index is 12.1. The van der Waals surface area contributed by atoms with E-state index in [0.29, 0.717) is 17.7 Å². The predicted molar refractivity (Wildman–Crippen MR) is 94.4 cm³/mol. The normalized spacial score (nSPS) is 21.0. The molecule has 6 heteroatoms. The van der Waals surface area contributed by atoms with Gasteiger partial charge in [0.15, 0.2) is 6.10 Å². The molecule has 0 amide bonds. The van der Waals surface area contributed by atoms with Gasteiger partial charge < -0.3 is 14.3 Å². The number of halogens is 1. The number of nitrogens with zero attached hydrogens (tertiary/aromatic N) is 1. The third-order valence-corrected chi connectivity index (χ3v) is 4.22. The van der Waals surface area contributed by atoms with Gasteiger partial charge in [-0.25, -0.2) is 4.79 Å². The number of alkyl halides is 1. The lowest BCUT2D eigenvalue weighted by Gasteiger charge is -2.27. The Balaban J connectivity index is 1.74. The zero-order chi connectivity index (χ0) is 17.6. The smallest absolute Gasteiger partial charge is 0.339 e. The molecular weight excluding hydrogens is 342 g/mol. The molecule has 0 saturated heterocycles. The van der Waals surface area contributed by atoms with Crippen LogP contribution in [0.3, 0.4) is 0 Å². The quantitative estimate of drug-likeness (QED) is 0.603. The van der Waals surface area contributed by atoms with Crippen LogP contribution in [0, 0.1) is 0 Å². The minimum absolute atomic E-state index is 0.371. The van der Waals surface area contributed by atoms with Gasteiger partial charge in [0.2, 0.25) is 6.29 Å². The molecule has 0 radical (unpaired) electrons. The molecular formula is C19H18ClNO4. The summed E-state index contributed by atoms with van der Waals surface area (Å²) in [4.78, 5) is 17.5.